The lowest BCUT2D eigenvalue weighted by Crippen LogP contribution is -2.31. The molecule has 0 aliphatic carbocycles. The largest absolute Gasteiger partial charge is 0.280 e. The van der Waals surface area contributed by atoms with Gasteiger partial charge in [0.15, 0.2) is 5.13 Å². The molecule has 0 fully saturated rings. The van der Waals surface area contributed by atoms with Crippen LogP contribution in [-0.2, 0) is 0 Å². The lowest BCUT2D eigenvalue weighted by molar-refractivity contribution is 0.0989. The molecule has 0 saturated heterocycles. The van der Waals surface area contributed by atoms with E-state index < -0.39 is 5.82 Å². The highest BCUT2D eigenvalue weighted by molar-refractivity contribution is 7.14. The molecule has 0 bridgehead atoms. The van der Waals surface area contributed by atoms with Gasteiger partial charge >= 0.3 is 0 Å². The van der Waals surface area contributed by atoms with Crippen LogP contribution in [-0.4, -0.2) is 17.4 Å². The van der Waals surface area contributed by atoms with E-state index in [0.717, 1.165) is 11.3 Å². The van der Waals surface area contributed by atoms with Gasteiger partial charge in [-0.15, -0.1) is 17.9 Å². The molecule has 6 heteroatoms. The zero-order chi connectivity index (χ0) is 17.8. The third-order valence-electron chi connectivity index (χ3n) is 3.49. The maximum Gasteiger partial charge on any atom is 0.260 e. The fraction of sp³-hybridized carbons (Fsp3) is 0.0526. The van der Waals surface area contributed by atoms with Crippen LogP contribution in [0.25, 0.3) is 11.3 Å². The Morgan fingerprint density at radius 1 is 1.28 bits per heavy atom. The molecule has 25 heavy (non-hydrogen) atoms. The SMILES string of the molecule is C=CCN(C(=O)c1cccc(F)c1)c1nc(-c2ccc(Cl)cc2)cs1. The van der Waals surface area contributed by atoms with Crippen LogP contribution >= 0.6 is 22.9 Å². The van der Waals surface area contributed by atoms with E-state index in [1.54, 1.807) is 24.3 Å². The van der Waals surface area contributed by atoms with Crippen LogP contribution in [0.1, 0.15) is 10.4 Å². The van der Waals surface area contributed by atoms with Gasteiger partial charge in [-0.2, -0.15) is 0 Å². The normalized spacial score (nSPS) is 10.5. The Morgan fingerprint density at radius 2 is 2.04 bits per heavy atom. The first kappa shape index (κ1) is 17.3. The van der Waals surface area contributed by atoms with Gasteiger partial charge in [0, 0.05) is 28.1 Å². The van der Waals surface area contributed by atoms with E-state index in [2.05, 4.69) is 11.6 Å². The number of carbonyl (C=O) groups excluding carboxylic acids is 1. The molecule has 0 radical (unpaired) electrons. The number of halogens is 2. The fourth-order valence-corrected chi connectivity index (χ4v) is 3.26. The molecule has 0 atom stereocenters. The zero-order valence-corrected chi connectivity index (χ0v) is 14.7. The maximum absolute atomic E-state index is 13.4. The summed E-state index contributed by atoms with van der Waals surface area (Å²) in [4.78, 5) is 18.8. The van der Waals surface area contributed by atoms with Gasteiger partial charge < -0.3 is 0 Å². The predicted octanol–water partition coefficient (Wildman–Crippen LogP) is 5.44. The molecule has 3 nitrogen and oxygen atoms in total. The van der Waals surface area contributed by atoms with Crippen LogP contribution in [0.4, 0.5) is 9.52 Å². The van der Waals surface area contributed by atoms with Gasteiger partial charge in [-0.05, 0) is 30.3 Å². The van der Waals surface area contributed by atoms with Gasteiger partial charge in [0.25, 0.3) is 5.91 Å². The van der Waals surface area contributed by atoms with Crippen LogP contribution in [0, 0.1) is 5.82 Å². The van der Waals surface area contributed by atoms with Gasteiger partial charge in [0.2, 0.25) is 0 Å². The average Bonchev–Trinajstić information content (AvgIpc) is 3.09. The second-order valence-corrected chi connectivity index (χ2v) is 6.51. The van der Waals surface area contributed by atoms with Gasteiger partial charge in [0.05, 0.1) is 5.69 Å². The molecular formula is C19H14ClFN2OS. The molecule has 2 aromatic carbocycles. The van der Waals surface area contributed by atoms with E-state index in [-0.39, 0.29) is 18.0 Å². The summed E-state index contributed by atoms with van der Waals surface area (Å²) < 4.78 is 13.4. The van der Waals surface area contributed by atoms with Crippen molar-refractivity contribution in [2.24, 2.45) is 0 Å². The van der Waals surface area contributed by atoms with Crippen LogP contribution in [0.15, 0.2) is 66.6 Å². The Kier molecular flexibility index (Phi) is 5.26. The Labute approximate surface area is 154 Å². The van der Waals surface area contributed by atoms with Crippen molar-refractivity contribution >= 4 is 34.0 Å². The Morgan fingerprint density at radius 3 is 2.72 bits per heavy atom. The molecule has 1 amide bonds. The summed E-state index contributed by atoms with van der Waals surface area (Å²) in [5, 5.41) is 3.04. The highest BCUT2D eigenvalue weighted by Gasteiger charge is 2.20. The van der Waals surface area contributed by atoms with Crippen molar-refractivity contribution in [1.82, 2.24) is 4.98 Å². The summed E-state index contributed by atoms with van der Waals surface area (Å²) in [5.41, 5.74) is 1.92. The highest BCUT2D eigenvalue weighted by Crippen LogP contribution is 2.29. The van der Waals surface area contributed by atoms with E-state index in [9.17, 15) is 9.18 Å². The van der Waals surface area contributed by atoms with Crippen LogP contribution in [0.3, 0.4) is 0 Å². The number of nitrogens with zero attached hydrogens (tertiary/aromatic N) is 2. The molecule has 126 valence electrons. The van der Waals surface area contributed by atoms with E-state index in [0.29, 0.717) is 10.2 Å². The standard InChI is InChI=1S/C19H14ClFN2OS/c1-2-10-23(18(24)14-4-3-5-16(21)11-14)19-22-17(12-25-19)13-6-8-15(20)9-7-13/h2-9,11-12H,1,10H2. The van der Waals surface area contributed by atoms with Crippen molar-refractivity contribution in [3.8, 4) is 11.3 Å². The minimum absolute atomic E-state index is 0.269. The number of anilines is 1. The Hall–Kier alpha value is -2.50. The lowest BCUT2D eigenvalue weighted by Gasteiger charge is -2.18. The Balaban J connectivity index is 1.92. The summed E-state index contributed by atoms with van der Waals surface area (Å²) >= 11 is 7.25. The number of hydrogen-bond acceptors (Lipinski definition) is 3. The first-order valence-corrected chi connectivity index (χ1v) is 8.74. The van der Waals surface area contributed by atoms with Gasteiger partial charge in [-0.3, -0.25) is 9.69 Å². The summed E-state index contributed by atoms with van der Waals surface area (Å²) in [7, 11) is 0. The average molecular weight is 373 g/mol. The van der Waals surface area contributed by atoms with Gasteiger partial charge in [-0.1, -0.05) is 35.9 Å². The minimum Gasteiger partial charge on any atom is -0.280 e. The summed E-state index contributed by atoms with van der Waals surface area (Å²) in [6.45, 7) is 3.97. The van der Waals surface area contributed by atoms with Crippen molar-refractivity contribution in [3.05, 3.63) is 83.0 Å². The number of benzene rings is 2. The monoisotopic (exact) mass is 372 g/mol. The van der Waals surface area contributed by atoms with E-state index in [1.807, 2.05) is 17.5 Å². The van der Waals surface area contributed by atoms with Gasteiger partial charge in [-0.25, -0.2) is 9.37 Å². The molecule has 1 aromatic heterocycles. The second kappa shape index (κ2) is 7.59. The van der Waals surface area contributed by atoms with E-state index in [1.165, 1.54) is 34.4 Å². The van der Waals surface area contributed by atoms with Crippen molar-refractivity contribution in [2.75, 3.05) is 11.4 Å². The van der Waals surface area contributed by atoms with Crippen LogP contribution in [0.2, 0.25) is 5.02 Å². The van der Waals surface area contributed by atoms with Crippen molar-refractivity contribution < 1.29 is 9.18 Å². The molecule has 0 unspecified atom stereocenters. The Bertz CT molecular complexity index is 908. The summed E-state index contributed by atoms with van der Waals surface area (Å²) in [5.74, 6) is -0.776. The molecule has 0 saturated carbocycles. The minimum atomic E-state index is -0.453. The smallest absolute Gasteiger partial charge is 0.260 e. The number of hydrogen-bond donors (Lipinski definition) is 0. The van der Waals surface area contributed by atoms with Gasteiger partial charge in [0.1, 0.15) is 5.82 Å². The molecular weight excluding hydrogens is 359 g/mol. The fourth-order valence-electron chi connectivity index (χ4n) is 2.30. The number of amides is 1. The molecule has 1 heterocycles. The number of thiazole rings is 1. The second-order valence-electron chi connectivity index (χ2n) is 5.24. The maximum atomic E-state index is 13.4. The number of carbonyl (C=O) groups is 1. The molecule has 0 spiro atoms. The third kappa shape index (κ3) is 3.95. The molecule has 3 aromatic rings. The topological polar surface area (TPSA) is 33.2 Å². The highest BCUT2D eigenvalue weighted by atomic mass is 35.5. The summed E-state index contributed by atoms with van der Waals surface area (Å²) in [6, 6.07) is 12.9. The number of rotatable bonds is 5. The lowest BCUT2D eigenvalue weighted by atomic mass is 10.2. The van der Waals surface area contributed by atoms with Crippen LogP contribution < -0.4 is 4.90 Å². The van der Waals surface area contributed by atoms with E-state index in [4.69, 9.17) is 11.6 Å². The number of aromatic nitrogens is 1. The molecule has 0 aliphatic rings. The third-order valence-corrected chi connectivity index (χ3v) is 4.61. The molecule has 3 rings (SSSR count). The first-order chi connectivity index (χ1) is 12.1. The molecule has 0 N–H and O–H groups in total. The van der Waals surface area contributed by atoms with Crippen LogP contribution in [0.5, 0.6) is 0 Å². The zero-order valence-electron chi connectivity index (χ0n) is 13.2. The molecule has 0 aliphatic heterocycles. The predicted molar refractivity (Wildman–Crippen MR) is 101 cm³/mol. The first-order valence-electron chi connectivity index (χ1n) is 7.48. The van der Waals surface area contributed by atoms with Crippen molar-refractivity contribution in [3.63, 3.8) is 0 Å². The summed E-state index contributed by atoms with van der Waals surface area (Å²) in [6.07, 6.45) is 1.61. The van der Waals surface area contributed by atoms with E-state index >= 15 is 0 Å². The quantitative estimate of drug-likeness (QED) is 0.559. The van der Waals surface area contributed by atoms with Crippen molar-refractivity contribution in [2.45, 2.75) is 0 Å². The van der Waals surface area contributed by atoms with Crippen molar-refractivity contribution in [1.29, 1.82) is 0 Å².